The minimum atomic E-state index is 0.222. The Morgan fingerprint density at radius 3 is 2.87 bits per heavy atom. The summed E-state index contributed by atoms with van der Waals surface area (Å²) in [6.07, 6.45) is 2.88. The van der Waals surface area contributed by atoms with Crippen LogP contribution in [0.4, 0.5) is 0 Å². The number of nitrogens with zero attached hydrogens (tertiary/aromatic N) is 4. The first-order chi connectivity index (χ1) is 11.3. The van der Waals surface area contributed by atoms with Crippen LogP contribution in [0, 0.1) is 0 Å². The Morgan fingerprint density at radius 2 is 2.09 bits per heavy atom. The van der Waals surface area contributed by atoms with E-state index >= 15 is 0 Å². The van der Waals surface area contributed by atoms with Crippen LogP contribution < -0.4 is 5.32 Å². The van der Waals surface area contributed by atoms with Crippen LogP contribution >= 0.6 is 0 Å². The number of aromatic nitrogens is 3. The molecule has 2 aliphatic heterocycles. The predicted molar refractivity (Wildman–Crippen MR) is 86.5 cm³/mol. The first-order valence-electron chi connectivity index (χ1n) is 8.30. The van der Waals surface area contributed by atoms with E-state index in [4.69, 9.17) is 0 Å². The van der Waals surface area contributed by atoms with Gasteiger partial charge in [0, 0.05) is 31.1 Å². The highest BCUT2D eigenvalue weighted by Gasteiger charge is 2.27. The number of fused-ring (bicyclic) bond motifs is 1. The lowest BCUT2D eigenvalue weighted by molar-refractivity contribution is -0.133. The zero-order chi connectivity index (χ0) is 15.6. The van der Waals surface area contributed by atoms with E-state index in [2.05, 4.69) is 20.1 Å². The van der Waals surface area contributed by atoms with Crippen molar-refractivity contribution in [2.45, 2.75) is 38.4 Å². The lowest BCUT2D eigenvalue weighted by Crippen LogP contribution is -2.41. The van der Waals surface area contributed by atoms with Gasteiger partial charge < -0.3 is 14.8 Å². The van der Waals surface area contributed by atoms with Gasteiger partial charge in [0.05, 0.1) is 6.54 Å². The Hall–Kier alpha value is -2.21. The fourth-order valence-electron chi connectivity index (χ4n) is 3.44. The van der Waals surface area contributed by atoms with Gasteiger partial charge in [-0.1, -0.05) is 30.3 Å². The summed E-state index contributed by atoms with van der Waals surface area (Å²) in [7, 11) is 0. The van der Waals surface area contributed by atoms with E-state index in [0.29, 0.717) is 19.0 Å². The third-order valence-electron chi connectivity index (χ3n) is 4.72. The number of hydrogen-bond acceptors (Lipinski definition) is 4. The summed E-state index contributed by atoms with van der Waals surface area (Å²) in [5, 5.41) is 12.0. The molecule has 1 amide bonds. The topological polar surface area (TPSA) is 63.1 Å². The molecular formula is C17H21N5O. The average molecular weight is 311 g/mol. The minimum Gasteiger partial charge on any atom is -0.333 e. The molecule has 0 radical (unpaired) electrons. The predicted octanol–water partition coefficient (Wildman–Crippen LogP) is 1.43. The second-order valence-corrected chi connectivity index (χ2v) is 6.27. The van der Waals surface area contributed by atoms with Gasteiger partial charge >= 0.3 is 0 Å². The van der Waals surface area contributed by atoms with E-state index < -0.39 is 0 Å². The second kappa shape index (κ2) is 6.12. The summed E-state index contributed by atoms with van der Waals surface area (Å²) in [6.45, 7) is 3.09. The van der Waals surface area contributed by atoms with Gasteiger partial charge in [-0.15, -0.1) is 10.2 Å². The van der Waals surface area contributed by atoms with Crippen molar-refractivity contribution in [2.24, 2.45) is 0 Å². The molecule has 4 rings (SSSR count). The van der Waals surface area contributed by atoms with Gasteiger partial charge in [-0.2, -0.15) is 0 Å². The van der Waals surface area contributed by atoms with E-state index in [1.807, 2.05) is 35.2 Å². The van der Waals surface area contributed by atoms with Gasteiger partial charge in [-0.3, -0.25) is 4.79 Å². The highest BCUT2D eigenvalue weighted by Crippen LogP contribution is 2.22. The van der Waals surface area contributed by atoms with Crippen molar-refractivity contribution in [2.75, 3.05) is 13.1 Å². The number of nitrogens with one attached hydrogen (secondary N) is 1. The Kier molecular flexibility index (Phi) is 3.83. The van der Waals surface area contributed by atoms with Crippen LogP contribution in [-0.2, 0) is 17.9 Å². The molecule has 0 bridgehead atoms. The fraction of sp³-hybridized carbons (Fsp3) is 0.471. The van der Waals surface area contributed by atoms with Crippen LogP contribution in [0.25, 0.3) is 11.4 Å². The largest absolute Gasteiger partial charge is 0.333 e. The quantitative estimate of drug-likeness (QED) is 0.931. The van der Waals surface area contributed by atoms with Crippen LogP contribution in [0.3, 0.4) is 0 Å². The molecular weight excluding hydrogens is 290 g/mol. The Balaban J connectivity index is 1.48. The molecule has 120 valence electrons. The maximum absolute atomic E-state index is 12.5. The number of amides is 1. The van der Waals surface area contributed by atoms with Crippen LogP contribution in [0.2, 0.25) is 0 Å². The summed E-state index contributed by atoms with van der Waals surface area (Å²) in [6, 6.07) is 10.4. The average Bonchev–Trinajstić information content (AvgIpc) is 3.24. The number of rotatable bonds is 3. The van der Waals surface area contributed by atoms with E-state index in [1.165, 1.54) is 6.42 Å². The highest BCUT2D eigenvalue weighted by atomic mass is 16.2. The third kappa shape index (κ3) is 2.86. The van der Waals surface area contributed by atoms with E-state index in [1.54, 1.807) is 0 Å². The Bertz CT molecular complexity index is 690. The molecule has 2 aromatic rings. The van der Waals surface area contributed by atoms with Crippen LogP contribution in [0.5, 0.6) is 0 Å². The number of carbonyl (C=O) groups excluding carboxylic acids is 1. The zero-order valence-corrected chi connectivity index (χ0v) is 13.1. The molecule has 2 aliphatic rings. The molecule has 1 atom stereocenters. The van der Waals surface area contributed by atoms with Crippen molar-refractivity contribution < 1.29 is 4.79 Å². The Labute approximate surface area is 135 Å². The van der Waals surface area contributed by atoms with Gasteiger partial charge in [0.15, 0.2) is 11.6 Å². The van der Waals surface area contributed by atoms with E-state index in [-0.39, 0.29) is 5.91 Å². The van der Waals surface area contributed by atoms with Crippen LogP contribution in [0.15, 0.2) is 30.3 Å². The van der Waals surface area contributed by atoms with Crippen molar-refractivity contribution in [1.29, 1.82) is 0 Å². The molecule has 23 heavy (non-hydrogen) atoms. The third-order valence-corrected chi connectivity index (χ3v) is 4.72. The molecule has 1 aromatic heterocycles. The van der Waals surface area contributed by atoms with Gasteiger partial charge in [0.25, 0.3) is 0 Å². The van der Waals surface area contributed by atoms with Gasteiger partial charge in [-0.05, 0) is 19.4 Å². The first-order valence-corrected chi connectivity index (χ1v) is 8.30. The van der Waals surface area contributed by atoms with Crippen molar-refractivity contribution >= 4 is 5.91 Å². The molecule has 6 heteroatoms. The van der Waals surface area contributed by atoms with E-state index in [0.717, 1.165) is 43.3 Å². The standard InChI is InChI=1S/C17H21N5O/c23-16(11-14-7-4-8-18-14)21-9-10-22-15(12-21)19-20-17(22)13-5-2-1-3-6-13/h1-3,5-6,14,18H,4,7-12H2. The smallest absolute Gasteiger partial charge is 0.224 e. The molecule has 6 nitrogen and oxygen atoms in total. The van der Waals surface area contributed by atoms with Crippen molar-refractivity contribution in [3.63, 3.8) is 0 Å². The molecule has 1 aromatic carbocycles. The maximum atomic E-state index is 12.5. The van der Waals surface area contributed by atoms with Gasteiger partial charge in [0.1, 0.15) is 0 Å². The monoisotopic (exact) mass is 311 g/mol. The molecule has 1 saturated heterocycles. The number of benzene rings is 1. The molecule has 1 unspecified atom stereocenters. The van der Waals surface area contributed by atoms with Crippen molar-refractivity contribution in [1.82, 2.24) is 25.0 Å². The maximum Gasteiger partial charge on any atom is 0.224 e. The molecule has 1 fully saturated rings. The summed E-state index contributed by atoms with van der Waals surface area (Å²) in [5.41, 5.74) is 1.07. The lowest BCUT2D eigenvalue weighted by atomic mass is 10.1. The molecule has 0 aliphatic carbocycles. The molecule has 1 N–H and O–H groups in total. The highest BCUT2D eigenvalue weighted by molar-refractivity contribution is 5.77. The van der Waals surface area contributed by atoms with Crippen molar-refractivity contribution in [3.05, 3.63) is 36.2 Å². The Morgan fingerprint density at radius 1 is 1.22 bits per heavy atom. The van der Waals surface area contributed by atoms with Crippen LogP contribution in [0.1, 0.15) is 25.1 Å². The molecule has 3 heterocycles. The second-order valence-electron chi connectivity index (χ2n) is 6.27. The van der Waals surface area contributed by atoms with Crippen LogP contribution in [-0.4, -0.2) is 44.7 Å². The summed E-state index contributed by atoms with van der Waals surface area (Å²) in [5.74, 6) is 1.99. The number of hydrogen-bond donors (Lipinski definition) is 1. The minimum absolute atomic E-state index is 0.222. The molecule has 0 saturated carbocycles. The van der Waals surface area contributed by atoms with Gasteiger partial charge in [0.2, 0.25) is 5.91 Å². The number of carbonyl (C=O) groups is 1. The van der Waals surface area contributed by atoms with Crippen molar-refractivity contribution in [3.8, 4) is 11.4 Å². The summed E-state index contributed by atoms with van der Waals surface area (Å²) < 4.78 is 2.13. The molecule has 0 spiro atoms. The SMILES string of the molecule is O=C(CC1CCCN1)N1CCn2c(nnc2-c2ccccc2)C1. The fourth-order valence-corrected chi connectivity index (χ4v) is 3.44. The summed E-state index contributed by atoms with van der Waals surface area (Å²) in [4.78, 5) is 14.4. The lowest BCUT2D eigenvalue weighted by Gasteiger charge is -2.28. The normalized spacial score (nSPS) is 20.5. The first kappa shape index (κ1) is 14.4. The summed E-state index contributed by atoms with van der Waals surface area (Å²) >= 11 is 0. The zero-order valence-electron chi connectivity index (χ0n) is 13.1. The van der Waals surface area contributed by atoms with Gasteiger partial charge in [-0.25, -0.2) is 0 Å². The van der Waals surface area contributed by atoms with E-state index in [9.17, 15) is 4.79 Å².